The zero-order valence-corrected chi connectivity index (χ0v) is 7.79. The van der Waals surface area contributed by atoms with Gasteiger partial charge < -0.3 is 9.47 Å². The van der Waals surface area contributed by atoms with E-state index in [-0.39, 0.29) is 6.10 Å². The SMILES string of the molecule is CC(=O)C(=O)OC(C)OC(C)C. The summed E-state index contributed by atoms with van der Waals surface area (Å²) in [6.45, 7) is 6.36. The maximum atomic E-state index is 10.7. The van der Waals surface area contributed by atoms with Gasteiger partial charge in [0.25, 0.3) is 0 Å². The van der Waals surface area contributed by atoms with Crippen LogP contribution in [-0.4, -0.2) is 24.1 Å². The molecule has 0 bridgehead atoms. The zero-order valence-electron chi connectivity index (χ0n) is 7.79. The lowest BCUT2D eigenvalue weighted by molar-refractivity contribution is -0.183. The number of rotatable bonds is 4. The fraction of sp³-hybridized carbons (Fsp3) is 0.750. The first-order valence-electron chi connectivity index (χ1n) is 3.80. The summed E-state index contributed by atoms with van der Waals surface area (Å²) in [7, 11) is 0. The molecule has 0 fully saturated rings. The molecule has 4 nitrogen and oxygen atoms in total. The topological polar surface area (TPSA) is 52.6 Å². The van der Waals surface area contributed by atoms with Crippen molar-refractivity contribution in [1.82, 2.24) is 0 Å². The average Bonchev–Trinajstić information content (AvgIpc) is 1.84. The van der Waals surface area contributed by atoms with Gasteiger partial charge in [0.2, 0.25) is 12.1 Å². The lowest BCUT2D eigenvalue weighted by Gasteiger charge is -2.15. The minimum Gasteiger partial charge on any atom is -0.430 e. The molecule has 0 amide bonds. The van der Waals surface area contributed by atoms with Gasteiger partial charge in [0, 0.05) is 6.92 Å². The van der Waals surface area contributed by atoms with Gasteiger partial charge in [0.05, 0.1) is 6.10 Å². The highest BCUT2D eigenvalue weighted by Gasteiger charge is 2.14. The molecule has 0 radical (unpaired) electrons. The molecule has 0 aliphatic rings. The first-order valence-corrected chi connectivity index (χ1v) is 3.80. The fourth-order valence-corrected chi connectivity index (χ4v) is 0.645. The largest absolute Gasteiger partial charge is 0.430 e. The van der Waals surface area contributed by atoms with Crippen LogP contribution >= 0.6 is 0 Å². The van der Waals surface area contributed by atoms with Crippen molar-refractivity contribution < 1.29 is 19.1 Å². The molecule has 0 aliphatic carbocycles. The lowest BCUT2D eigenvalue weighted by Crippen LogP contribution is -2.24. The number of hydrogen-bond acceptors (Lipinski definition) is 4. The van der Waals surface area contributed by atoms with Crippen molar-refractivity contribution >= 4 is 11.8 Å². The minimum absolute atomic E-state index is 0.0280. The molecule has 1 unspecified atom stereocenters. The Morgan fingerprint density at radius 3 is 2.00 bits per heavy atom. The molecular formula is C8H14O4. The van der Waals surface area contributed by atoms with Crippen molar-refractivity contribution in [3.05, 3.63) is 0 Å². The van der Waals surface area contributed by atoms with Gasteiger partial charge in [-0.1, -0.05) is 0 Å². The van der Waals surface area contributed by atoms with Crippen molar-refractivity contribution in [3.8, 4) is 0 Å². The van der Waals surface area contributed by atoms with Gasteiger partial charge >= 0.3 is 5.97 Å². The van der Waals surface area contributed by atoms with Gasteiger partial charge in [-0.25, -0.2) is 4.79 Å². The minimum atomic E-state index is -0.858. The first-order chi connectivity index (χ1) is 5.43. The second-order valence-electron chi connectivity index (χ2n) is 2.71. The third-order valence-electron chi connectivity index (χ3n) is 1.02. The Morgan fingerprint density at radius 2 is 1.67 bits per heavy atom. The van der Waals surface area contributed by atoms with E-state index in [1.807, 2.05) is 13.8 Å². The second-order valence-corrected chi connectivity index (χ2v) is 2.71. The molecule has 0 rings (SSSR count). The Kier molecular flexibility index (Phi) is 4.51. The van der Waals surface area contributed by atoms with E-state index in [9.17, 15) is 9.59 Å². The summed E-state index contributed by atoms with van der Waals surface area (Å²) in [5.74, 6) is -1.47. The van der Waals surface area contributed by atoms with Gasteiger partial charge in [-0.3, -0.25) is 4.79 Å². The molecule has 0 saturated heterocycles. The summed E-state index contributed by atoms with van der Waals surface area (Å²) in [4.78, 5) is 21.1. The second kappa shape index (κ2) is 4.87. The number of ketones is 1. The average molecular weight is 174 g/mol. The van der Waals surface area contributed by atoms with E-state index in [4.69, 9.17) is 4.74 Å². The number of carbonyl (C=O) groups excluding carboxylic acids is 2. The normalized spacial score (nSPS) is 12.8. The molecule has 0 aromatic rings. The summed E-state index contributed by atoms with van der Waals surface area (Å²) in [6.07, 6.45) is -0.693. The van der Waals surface area contributed by atoms with Crippen LogP contribution in [0, 0.1) is 0 Å². The lowest BCUT2D eigenvalue weighted by atomic mass is 10.4. The highest BCUT2D eigenvalue weighted by Crippen LogP contribution is 1.99. The summed E-state index contributed by atoms with van der Waals surface area (Å²) in [5.41, 5.74) is 0. The van der Waals surface area contributed by atoms with Gasteiger partial charge in [0.1, 0.15) is 0 Å². The molecule has 0 saturated carbocycles. The zero-order chi connectivity index (χ0) is 9.72. The van der Waals surface area contributed by atoms with Crippen LogP contribution in [0.25, 0.3) is 0 Å². The summed E-state index contributed by atoms with van der Waals surface area (Å²) >= 11 is 0. The van der Waals surface area contributed by atoms with E-state index in [1.165, 1.54) is 0 Å². The Balaban J connectivity index is 3.76. The summed E-state index contributed by atoms with van der Waals surface area (Å²) in [5, 5.41) is 0. The highest BCUT2D eigenvalue weighted by molar-refractivity contribution is 6.32. The fourth-order valence-electron chi connectivity index (χ4n) is 0.645. The van der Waals surface area contributed by atoms with E-state index >= 15 is 0 Å². The van der Waals surface area contributed by atoms with E-state index in [0.29, 0.717) is 0 Å². The van der Waals surface area contributed by atoms with Crippen molar-refractivity contribution in [2.24, 2.45) is 0 Å². The molecule has 0 spiro atoms. The van der Waals surface area contributed by atoms with Gasteiger partial charge in [-0.05, 0) is 20.8 Å². The summed E-state index contributed by atoms with van der Waals surface area (Å²) < 4.78 is 9.69. The number of carbonyl (C=O) groups is 2. The molecule has 12 heavy (non-hydrogen) atoms. The standard InChI is InChI=1S/C8H14O4/c1-5(2)11-7(4)12-8(10)6(3)9/h5,7H,1-4H3. The Labute approximate surface area is 71.8 Å². The summed E-state index contributed by atoms with van der Waals surface area (Å²) in [6, 6.07) is 0. The van der Waals surface area contributed by atoms with Crippen LogP contribution in [0.4, 0.5) is 0 Å². The van der Waals surface area contributed by atoms with Crippen LogP contribution in [0.1, 0.15) is 27.7 Å². The van der Waals surface area contributed by atoms with Crippen LogP contribution in [0.3, 0.4) is 0 Å². The smallest absolute Gasteiger partial charge is 0.376 e. The van der Waals surface area contributed by atoms with Crippen molar-refractivity contribution in [2.45, 2.75) is 40.1 Å². The molecule has 0 N–H and O–H groups in total. The molecule has 0 heterocycles. The molecule has 70 valence electrons. The quantitative estimate of drug-likeness (QED) is 0.361. The Hall–Kier alpha value is -0.900. The van der Waals surface area contributed by atoms with Crippen molar-refractivity contribution in [2.75, 3.05) is 0 Å². The van der Waals surface area contributed by atoms with Crippen LogP contribution in [0.5, 0.6) is 0 Å². The molecular weight excluding hydrogens is 160 g/mol. The predicted octanol–water partition coefficient (Wildman–Crippen LogP) is 0.890. The third-order valence-corrected chi connectivity index (χ3v) is 1.02. The van der Waals surface area contributed by atoms with Gasteiger partial charge in [0.15, 0.2) is 0 Å². The number of esters is 1. The number of Topliss-reactive ketones (excluding diaryl/α,β-unsaturated/α-hetero) is 1. The third kappa shape index (κ3) is 4.85. The van der Waals surface area contributed by atoms with Crippen LogP contribution in [0.2, 0.25) is 0 Å². The monoisotopic (exact) mass is 174 g/mol. The predicted molar refractivity (Wildman–Crippen MR) is 42.5 cm³/mol. The van der Waals surface area contributed by atoms with Crippen LogP contribution in [0.15, 0.2) is 0 Å². The Morgan fingerprint density at radius 1 is 1.17 bits per heavy atom. The van der Waals surface area contributed by atoms with E-state index in [0.717, 1.165) is 6.92 Å². The first kappa shape index (κ1) is 11.1. The maximum Gasteiger partial charge on any atom is 0.376 e. The molecule has 1 atom stereocenters. The Bertz CT molecular complexity index is 174. The van der Waals surface area contributed by atoms with Gasteiger partial charge in [-0.15, -0.1) is 0 Å². The maximum absolute atomic E-state index is 10.7. The van der Waals surface area contributed by atoms with Crippen molar-refractivity contribution in [1.29, 1.82) is 0 Å². The highest BCUT2D eigenvalue weighted by atomic mass is 16.7. The van der Waals surface area contributed by atoms with Crippen LogP contribution < -0.4 is 0 Å². The van der Waals surface area contributed by atoms with Crippen molar-refractivity contribution in [3.63, 3.8) is 0 Å². The molecule has 0 aliphatic heterocycles. The van der Waals surface area contributed by atoms with E-state index in [2.05, 4.69) is 4.74 Å². The number of ether oxygens (including phenoxy) is 2. The molecule has 0 aromatic heterocycles. The van der Waals surface area contributed by atoms with E-state index < -0.39 is 18.0 Å². The molecule has 4 heteroatoms. The van der Waals surface area contributed by atoms with Crippen LogP contribution in [-0.2, 0) is 19.1 Å². The molecule has 0 aromatic carbocycles. The van der Waals surface area contributed by atoms with Gasteiger partial charge in [-0.2, -0.15) is 0 Å². The van der Waals surface area contributed by atoms with E-state index in [1.54, 1.807) is 6.92 Å². The number of hydrogen-bond donors (Lipinski definition) is 0.